The lowest BCUT2D eigenvalue weighted by Crippen LogP contribution is -2.24. The smallest absolute Gasteiger partial charge is 0.302 e. The van der Waals surface area contributed by atoms with Crippen LogP contribution in [0.2, 0.25) is 5.02 Å². The number of aryl methyl sites for hydroxylation is 2. The van der Waals surface area contributed by atoms with Crippen LogP contribution in [0, 0.1) is 0 Å². The molecule has 4 rings (SSSR count). The summed E-state index contributed by atoms with van der Waals surface area (Å²) < 4.78 is 3.20. The molecule has 0 saturated heterocycles. The Labute approximate surface area is 170 Å². The second kappa shape index (κ2) is 7.61. The fourth-order valence-corrected chi connectivity index (χ4v) is 4.06. The van der Waals surface area contributed by atoms with Gasteiger partial charge >= 0.3 is 5.69 Å². The summed E-state index contributed by atoms with van der Waals surface area (Å²) in [7, 11) is 1.73. The van der Waals surface area contributed by atoms with Gasteiger partial charge in [0.25, 0.3) is 0 Å². The van der Waals surface area contributed by atoms with Gasteiger partial charge < -0.3 is 5.32 Å². The number of carbonyl (C=O) groups excluding carboxylic acids is 1. The minimum atomic E-state index is -0.195. The van der Waals surface area contributed by atoms with Crippen LogP contribution < -0.4 is 11.0 Å². The summed E-state index contributed by atoms with van der Waals surface area (Å²) >= 11 is 7.54. The van der Waals surface area contributed by atoms with Gasteiger partial charge in [0.1, 0.15) is 0 Å². The first-order valence-corrected chi connectivity index (χ1v) is 9.95. The molecule has 8 heteroatoms. The maximum absolute atomic E-state index is 12.4. The van der Waals surface area contributed by atoms with Crippen LogP contribution in [0.1, 0.15) is 6.42 Å². The zero-order valence-corrected chi connectivity index (χ0v) is 16.6. The van der Waals surface area contributed by atoms with E-state index in [4.69, 9.17) is 11.6 Å². The zero-order chi connectivity index (χ0) is 19.7. The molecule has 0 spiro atoms. The number of amides is 1. The molecule has 28 heavy (non-hydrogen) atoms. The molecule has 0 atom stereocenters. The van der Waals surface area contributed by atoms with Crippen LogP contribution in [0.4, 0.5) is 5.13 Å². The molecule has 0 bridgehead atoms. The van der Waals surface area contributed by atoms with Crippen LogP contribution in [-0.2, 0) is 18.4 Å². The first kappa shape index (κ1) is 18.5. The fraction of sp³-hybridized carbons (Fsp3) is 0.150. The SMILES string of the molecule is Cn1c(=O)n(CCC(=O)Nc2nc(-c3ccccc3Cl)cs2)c2ccccc21. The summed E-state index contributed by atoms with van der Waals surface area (Å²) in [6, 6.07) is 15.0. The molecule has 2 aromatic heterocycles. The van der Waals surface area contributed by atoms with E-state index in [9.17, 15) is 9.59 Å². The maximum atomic E-state index is 12.4. The third-order valence-corrected chi connectivity index (χ3v) is 5.60. The first-order chi connectivity index (χ1) is 13.5. The summed E-state index contributed by atoms with van der Waals surface area (Å²) in [6.45, 7) is 0.300. The number of hydrogen-bond donors (Lipinski definition) is 1. The van der Waals surface area contributed by atoms with Crippen molar-refractivity contribution in [3.05, 3.63) is 69.4 Å². The van der Waals surface area contributed by atoms with E-state index in [1.807, 2.05) is 47.8 Å². The van der Waals surface area contributed by atoms with Crippen LogP contribution in [0.5, 0.6) is 0 Å². The topological polar surface area (TPSA) is 68.9 Å². The van der Waals surface area contributed by atoms with Crippen molar-refractivity contribution in [1.29, 1.82) is 0 Å². The Morgan fingerprint density at radius 3 is 2.64 bits per heavy atom. The molecule has 0 fully saturated rings. The van der Waals surface area contributed by atoms with Crippen molar-refractivity contribution in [2.45, 2.75) is 13.0 Å². The molecular weight excluding hydrogens is 396 g/mol. The summed E-state index contributed by atoms with van der Waals surface area (Å²) in [5.41, 5.74) is 3.07. The van der Waals surface area contributed by atoms with E-state index in [-0.39, 0.29) is 18.0 Å². The van der Waals surface area contributed by atoms with Crippen molar-refractivity contribution < 1.29 is 4.79 Å². The first-order valence-electron chi connectivity index (χ1n) is 8.69. The van der Waals surface area contributed by atoms with Gasteiger partial charge in [0.05, 0.1) is 16.7 Å². The maximum Gasteiger partial charge on any atom is 0.328 e. The number of halogens is 1. The second-order valence-electron chi connectivity index (χ2n) is 6.30. The number of benzene rings is 2. The Morgan fingerprint density at radius 1 is 1.14 bits per heavy atom. The Bertz CT molecular complexity index is 1220. The summed E-state index contributed by atoms with van der Waals surface area (Å²) in [5.74, 6) is -0.195. The van der Waals surface area contributed by atoms with Gasteiger partial charge in [-0.05, 0) is 18.2 Å². The van der Waals surface area contributed by atoms with Gasteiger partial charge in [0.2, 0.25) is 5.91 Å². The summed E-state index contributed by atoms with van der Waals surface area (Å²) in [4.78, 5) is 29.2. The van der Waals surface area contributed by atoms with E-state index in [1.165, 1.54) is 11.3 Å². The number of aromatic nitrogens is 3. The van der Waals surface area contributed by atoms with Crippen molar-refractivity contribution in [1.82, 2.24) is 14.1 Å². The average molecular weight is 413 g/mol. The highest BCUT2D eigenvalue weighted by Gasteiger charge is 2.13. The van der Waals surface area contributed by atoms with E-state index >= 15 is 0 Å². The molecule has 1 amide bonds. The highest BCUT2D eigenvalue weighted by atomic mass is 35.5. The number of fused-ring (bicyclic) bond motifs is 1. The molecule has 0 aliphatic rings. The van der Waals surface area contributed by atoms with Crippen LogP contribution in [-0.4, -0.2) is 20.0 Å². The number of thiazole rings is 1. The van der Waals surface area contributed by atoms with Crippen LogP contribution in [0.25, 0.3) is 22.3 Å². The monoisotopic (exact) mass is 412 g/mol. The van der Waals surface area contributed by atoms with E-state index < -0.39 is 0 Å². The number of para-hydroxylation sites is 2. The van der Waals surface area contributed by atoms with Crippen LogP contribution in [0.15, 0.2) is 58.7 Å². The molecule has 0 aliphatic carbocycles. The second-order valence-corrected chi connectivity index (χ2v) is 7.56. The van der Waals surface area contributed by atoms with Gasteiger partial charge in [-0.25, -0.2) is 9.78 Å². The molecule has 1 N–H and O–H groups in total. The molecule has 0 aliphatic heterocycles. The minimum Gasteiger partial charge on any atom is -0.302 e. The fourth-order valence-electron chi connectivity index (χ4n) is 3.10. The number of rotatable bonds is 5. The minimum absolute atomic E-state index is 0.135. The third-order valence-electron chi connectivity index (χ3n) is 4.51. The third kappa shape index (κ3) is 3.46. The highest BCUT2D eigenvalue weighted by Crippen LogP contribution is 2.30. The Balaban J connectivity index is 1.46. The lowest BCUT2D eigenvalue weighted by Gasteiger charge is -2.04. The molecule has 2 heterocycles. The van der Waals surface area contributed by atoms with Gasteiger partial charge in [0.15, 0.2) is 5.13 Å². The molecule has 4 aromatic rings. The molecule has 0 radical (unpaired) electrons. The normalized spacial score (nSPS) is 11.1. The van der Waals surface area contributed by atoms with Crippen molar-refractivity contribution in [3.63, 3.8) is 0 Å². The molecule has 0 unspecified atom stereocenters. The standard InChI is InChI=1S/C20H17ClN4O2S/c1-24-16-8-4-5-9-17(16)25(20(24)27)11-10-18(26)23-19-22-15(12-28-19)13-6-2-3-7-14(13)21/h2-9,12H,10-11H2,1H3,(H,22,23,26). The quantitative estimate of drug-likeness (QED) is 0.535. The molecule has 142 valence electrons. The predicted octanol–water partition coefficient (Wildman–Crippen LogP) is 4.15. The number of nitrogens with one attached hydrogen (secondary N) is 1. The number of hydrogen-bond acceptors (Lipinski definition) is 4. The van der Waals surface area contributed by atoms with Crippen molar-refractivity contribution >= 4 is 45.0 Å². The van der Waals surface area contributed by atoms with Crippen molar-refractivity contribution in [3.8, 4) is 11.3 Å². The highest BCUT2D eigenvalue weighted by molar-refractivity contribution is 7.14. The van der Waals surface area contributed by atoms with Gasteiger partial charge in [0, 0.05) is 36.0 Å². The Morgan fingerprint density at radius 2 is 1.86 bits per heavy atom. The lowest BCUT2D eigenvalue weighted by atomic mass is 10.2. The number of carbonyl (C=O) groups is 1. The lowest BCUT2D eigenvalue weighted by molar-refractivity contribution is -0.116. The summed E-state index contributed by atoms with van der Waals surface area (Å²) in [5, 5.41) is 5.77. The average Bonchev–Trinajstić information content (AvgIpc) is 3.24. The van der Waals surface area contributed by atoms with Crippen molar-refractivity contribution in [2.24, 2.45) is 7.05 Å². The Hall–Kier alpha value is -2.90. The van der Waals surface area contributed by atoms with E-state index in [1.54, 1.807) is 22.2 Å². The predicted molar refractivity (Wildman–Crippen MR) is 113 cm³/mol. The van der Waals surface area contributed by atoms with Crippen LogP contribution in [0.3, 0.4) is 0 Å². The summed E-state index contributed by atoms with van der Waals surface area (Å²) in [6.07, 6.45) is 0.176. The van der Waals surface area contributed by atoms with Crippen molar-refractivity contribution in [2.75, 3.05) is 5.32 Å². The van der Waals surface area contributed by atoms with E-state index in [0.29, 0.717) is 16.7 Å². The van der Waals surface area contributed by atoms with Gasteiger partial charge in [-0.1, -0.05) is 41.9 Å². The largest absolute Gasteiger partial charge is 0.328 e. The van der Waals surface area contributed by atoms with Crippen LogP contribution >= 0.6 is 22.9 Å². The number of imidazole rings is 1. The molecule has 6 nitrogen and oxygen atoms in total. The van der Waals surface area contributed by atoms with Gasteiger partial charge in [-0.15, -0.1) is 11.3 Å². The Kier molecular flexibility index (Phi) is 5.02. The number of nitrogens with zero attached hydrogens (tertiary/aromatic N) is 3. The van der Waals surface area contributed by atoms with Gasteiger partial charge in [-0.2, -0.15) is 0 Å². The zero-order valence-electron chi connectivity index (χ0n) is 15.1. The van der Waals surface area contributed by atoms with Gasteiger partial charge in [-0.3, -0.25) is 13.9 Å². The number of anilines is 1. The van der Waals surface area contributed by atoms with E-state index in [0.717, 1.165) is 22.3 Å². The molecular formula is C20H17ClN4O2S. The van der Waals surface area contributed by atoms with E-state index in [2.05, 4.69) is 10.3 Å². The molecule has 0 saturated carbocycles. The molecule has 2 aromatic carbocycles.